The summed E-state index contributed by atoms with van der Waals surface area (Å²) in [7, 11) is 1.33. The largest absolute Gasteiger partial charge is 0.464 e. The number of rotatable bonds is 8. The Bertz CT molecular complexity index is 927. The predicted octanol–water partition coefficient (Wildman–Crippen LogP) is 3.95. The molecule has 1 heterocycles. The van der Waals surface area contributed by atoms with Crippen LogP contribution in [0.1, 0.15) is 68.3 Å². The Hall–Kier alpha value is -2.89. The minimum Gasteiger partial charge on any atom is -0.464 e. The van der Waals surface area contributed by atoms with Crippen LogP contribution < -0.4 is 0 Å². The summed E-state index contributed by atoms with van der Waals surface area (Å²) in [6.07, 6.45) is 0.742. The summed E-state index contributed by atoms with van der Waals surface area (Å²) in [6, 6.07) is 7.38. The number of ketones is 1. The SMILES string of the molecule is CCCN(CC(=O)c1c(C)c(C(=O)OC)n(CC)c1C)C(=O)c1ccccc1C. The Balaban J connectivity index is 2.41. The molecule has 6 heteroatoms. The molecule has 1 aromatic carbocycles. The molecule has 1 aromatic heterocycles. The molecular weight excluding hydrogens is 368 g/mol. The molecule has 156 valence electrons. The molecule has 0 aliphatic rings. The Labute approximate surface area is 172 Å². The minimum atomic E-state index is -0.465. The van der Waals surface area contributed by atoms with Crippen molar-refractivity contribution in [1.82, 2.24) is 9.47 Å². The summed E-state index contributed by atoms with van der Waals surface area (Å²) >= 11 is 0. The van der Waals surface area contributed by atoms with Crippen LogP contribution in [0.25, 0.3) is 0 Å². The van der Waals surface area contributed by atoms with Gasteiger partial charge in [0.05, 0.1) is 13.7 Å². The number of esters is 1. The van der Waals surface area contributed by atoms with E-state index in [0.717, 1.165) is 17.7 Å². The Morgan fingerprint density at radius 3 is 2.28 bits per heavy atom. The number of Topliss-reactive ketones (excluding diaryl/α,β-unsaturated/α-hetero) is 1. The highest BCUT2D eigenvalue weighted by Crippen LogP contribution is 2.24. The molecule has 0 saturated heterocycles. The quantitative estimate of drug-likeness (QED) is 0.499. The van der Waals surface area contributed by atoms with Crippen LogP contribution in [-0.2, 0) is 11.3 Å². The van der Waals surface area contributed by atoms with E-state index in [0.29, 0.717) is 35.5 Å². The second-order valence-electron chi connectivity index (χ2n) is 7.13. The molecule has 2 aromatic rings. The van der Waals surface area contributed by atoms with Crippen molar-refractivity contribution in [3.8, 4) is 0 Å². The molecule has 0 saturated carbocycles. The van der Waals surface area contributed by atoms with E-state index in [2.05, 4.69) is 0 Å². The maximum absolute atomic E-state index is 13.2. The topological polar surface area (TPSA) is 68.6 Å². The number of methoxy groups -OCH3 is 1. The van der Waals surface area contributed by atoms with Crippen molar-refractivity contribution in [2.75, 3.05) is 20.2 Å². The van der Waals surface area contributed by atoms with Gasteiger partial charge in [-0.25, -0.2) is 4.79 Å². The van der Waals surface area contributed by atoms with Crippen LogP contribution >= 0.6 is 0 Å². The van der Waals surface area contributed by atoms with Crippen LogP contribution in [0.5, 0.6) is 0 Å². The van der Waals surface area contributed by atoms with Crippen molar-refractivity contribution >= 4 is 17.7 Å². The first-order valence-corrected chi connectivity index (χ1v) is 9.94. The lowest BCUT2D eigenvalue weighted by molar-refractivity contribution is 0.0587. The van der Waals surface area contributed by atoms with E-state index < -0.39 is 5.97 Å². The minimum absolute atomic E-state index is 0.0307. The second kappa shape index (κ2) is 9.54. The fraction of sp³-hybridized carbons (Fsp3) is 0.435. The molecule has 0 bridgehead atoms. The summed E-state index contributed by atoms with van der Waals surface area (Å²) < 4.78 is 6.69. The van der Waals surface area contributed by atoms with Crippen LogP contribution in [0, 0.1) is 20.8 Å². The number of hydrogen-bond donors (Lipinski definition) is 0. The molecule has 0 atom stereocenters. The smallest absolute Gasteiger partial charge is 0.354 e. The molecule has 1 amide bonds. The highest BCUT2D eigenvalue weighted by Gasteiger charge is 2.28. The molecule has 0 fully saturated rings. The molecule has 0 radical (unpaired) electrons. The highest BCUT2D eigenvalue weighted by molar-refractivity contribution is 6.06. The number of nitrogens with zero attached hydrogens (tertiary/aromatic N) is 2. The molecule has 0 aliphatic carbocycles. The van der Waals surface area contributed by atoms with Crippen LogP contribution in [0.4, 0.5) is 0 Å². The number of benzene rings is 1. The molecular formula is C23H30N2O4. The van der Waals surface area contributed by atoms with Crippen molar-refractivity contribution in [1.29, 1.82) is 0 Å². The Morgan fingerprint density at radius 1 is 1.07 bits per heavy atom. The van der Waals surface area contributed by atoms with Gasteiger partial charge in [-0.3, -0.25) is 9.59 Å². The fourth-order valence-corrected chi connectivity index (χ4v) is 3.82. The van der Waals surface area contributed by atoms with Gasteiger partial charge in [-0.1, -0.05) is 25.1 Å². The van der Waals surface area contributed by atoms with E-state index in [1.54, 1.807) is 22.5 Å². The monoisotopic (exact) mass is 398 g/mol. The van der Waals surface area contributed by atoms with Crippen molar-refractivity contribution in [3.63, 3.8) is 0 Å². The van der Waals surface area contributed by atoms with Gasteiger partial charge >= 0.3 is 5.97 Å². The molecule has 0 N–H and O–H groups in total. The van der Waals surface area contributed by atoms with Gasteiger partial charge in [-0.05, 0) is 51.3 Å². The summed E-state index contributed by atoms with van der Waals surface area (Å²) in [4.78, 5) is 40.1. The maximum atomic E-state index is 13.2. The van der Waals surface area contributed by atoms with Crippen LogP contribution in [0.2, 0.25) is 0 Å². The lowest BCUT2D eigenvalue weighted by Crippen LogP contribution is -2.37. The molecule has 29 heavy (non-hydrogen) atoms. The van der Waals surface area contributed by atoms with E-state index in [1.165, 1.54) is 7.11 Å². The van der Waals surface area contributed by atoms with Crippen molar-refractivity contribution < 1.29 is 19.1 Å². The van der Waals surface area contributed by atoms with Gasteiger partial charge in [-0.15, -0.1) is 0 Å². The predicted molar refractivity (Wildman–Crippen MR) is 113 cm³/mol. The third kappa shape index (κ3) is 4.42. The van der Waals surface area contributed by atoms with Gasteiger partial charge in [0, 0.05) is 29.9 Å². The maximum Gasteiger partial charge on any atom is 0.354 e. The number of aryl methyl sites for hydroxylation is 1. The zero-order valence-corrected chi connectivity index (χ0v) is 18.2. The van der Waals surface area contributed by atoms with E-state index in [9.17, 15) is 14.4 Å². The van der Waals surface area contributed by atoms with E-state index in [1.807, 2.05) is 45.9 Å². The molecule has 0 unspecified atom stereocenters. The summed E-state index contributed by atoms with van der Waals surface area (Å²) in [5.74, 6) is -0.794. The third-order valence-corrected chi connectivity index (χ3v) is 5.23. The summed E-state index contributed by atoms with van der Waals surface area (Å²) in [6.45, 7) is 10.4. The normalized spacial score (nSPS) is 10.7. The van der Waals surface area contributed by atoms with Crippen LogP contribution in [-0.4, -0.2) is 47.3 Å². The number of carbonyl (C=O) groups excluding carboxylic acids is 3. The van der Waals surface area contributed by atoms with Gasteiger partial charge in [0.25, 0.3) is 5.91 Å². The van der Waals surface area contributed by atoms with Crippen molar-refractivity contribution in [3.05, 3.63) is 57.9 Å². The lowest BCUT2D eigenvalue weighted by atomic mass is 10.0. The van der Waals surface area contributed by atoms with Crippen LogP contribution in [0.3, 0.4) is 0 Å². The van der Waals surface area contributed by atoms with Crippen molar-refractivity contribution in [2.45, 2.75) is 47.6 Å². The first-order chi connectivity index (χ1) is 13.8. The van der Waals surface area contributed by atoms with Gasteiger partial charge in [-0.2, -0.15) is 0 Å². The lowest BCUT2D eigenvalue weighted by Gasteiger charge is -2.22. The standard InChI is InChI=1S/C23H30N2O4/c1-7-13-24(22(27)18-12-10-9-11-15(18)3)14-19(26)20-16(4)21(23(28)29-6)25(8-2)17(20)5/h9-12H,7-8,13-14H2,1-6H3. The fourth-order valence-electron chi connectivity index (χ4n) is 3.82. The second-order valence-corrected chi connectivity index (χ2v) is 7.13. The zero-order valence-electron chi connectivity index (χ0n) is 18.2. The first kappa shape index (κ1) is 22.4. The number of carbonyl (C=O) groups is 3. The van der Waals surface area contributed by atoms with E-state index in [4.69, 9.17) is 4.74 Å². The van der Waals surface area contributed by atoms with Gasteiger partial charge in [0.2, 0.25) is 0 Å². The third-order valence-electron chi connectivity index (χ3n) is 5.23. The first-order valence-electron chi connectivity index (χ1n) is 9.94. The van der Waals surface area contributed by atoms with E-state index >= 15 is 0 Å². The molecule has 0 aliphatic heterocycles. The number of hydrogen-bond acceptors (Lipinski definition) is 4. The average molecular weight is 399 g/mol. The Morgan fingerprint density at radius 2 is 1.72 bits per heavy atom. The molecule has 2 rings (SSSR count). The van der Waals surface area contributed by atoms with Crippen molar-refractivity contribution in [2.24, 2.45) is 0 Å². The number of ether oxygens (including phenoxy) is 1. The molecule has 0 spiro atoms. The van der Waals surface area contributed by atoms with Crippen LogP contribution in [0.15, 0.2) is 24.3 Å². The number of aromatic nitrogens is 1. The van der Waals surface area contributed by atoms with Gasteiger partial charge in [0.1, 0.15) is 5.69 Å². The summed E-state index contributed by atoms with van der Waals surface area (Å²) in [5, 5.41) is 0. The summed E-state index contributed by atoms with van der Waals surface area (Å²) in [5.41, 5.74) is 3.68. The van der Waals surface area contributed by atoms with E-state index in [-0.39, 0.29) is 18.2 Å². The molecule has 6 nitrogen and oxygen atoms in total. The van der Waals surface area contributed by atoms with Gasteiger partial charge < -0.3 is 14.2 Å². The Kier molecular flexibility index (Phi) is 7.37. The highest BCUT2D eigenvalue weighted by atomic mass is 16.5. The number of amides is 1. The van der Waals surface area contributed by atoms with Gasteiger partial charge in [0.15, 0.2) is 5.78 Å². The zero-order chi connectivity index (χ0) is 21.7. The average Bonchev–Trinajstić information content (AvgIpc) is 2.96.